The van der Waals surface area contributed by atoms with Crippen molar-refractivity contribution in [3.05, 3.63) is 93.4 Å². The third-order valence-corrected chi connectivity index (χ3v) is 4.86. The zero-order chi connectivity index (χ0) is 22.0. The summed E-state index contributed by atoms with van der Waals surface area (Å²) in [6.45, 7) is 0.279. The number of halogens is 1. The number of nitrogens with one attached hydrogen (secondary N) is 1. The molecule has 0 spiro atoms. The molecule has 0 aliphatic heterocycles. The number of amides is 1. The average Bonchev–Trinajstić information content (AvgIpc) is 3.39. The molecule has 4 rings (SSSR count). The molecule has 0 bridgehead atoms. The molecule has 0 aliphatic carbocycles. The second-order valence-electron chi connectivity index (χ2n) is 6.82. The Bertz CT molecular complexity index is 1250. The summed E-state index contributed by atoms with van der Waals surface area (Å²) in [5.41, 5.74) is 3.10. The van der Waals surface area contributed by atoms with Gasteiger partial charge in [0.05, 0.1) is 22.4 Å². The molecule has 156 valence electrons. The molecule has 9 nitrogen and oxygen atoms in total. The van der Waals surface area contributed by atoms with Gasteiger partial charge in [-0.1, -0.05) is 11.6 Å². The van der Waals surface area contributed by atoms with Gasteiger partial charge in [-0.3, -0.25) is 19.6 Å². The van der Waals surface area contributed by atoms with E-state index in [-0.39, 0.29) is 18.1 Å². The third-order valence-electron chi connectivity index (χ3n) is 4.61. The largest absolute Gasteiger partial charge is 0.348 e. The number of nitro groups is 1. The molecule has 0 aliphatic rings. The van der Waals surface area contributed by atoms with Crippen LogP contribution in [0.5, 0.6) is 0 Å². The van der Waals surface area contributed by atoms with Crippen LogP contribution in [0.3, 0.4) is 0 Å². The van der Waals surface area contributed by atoms with Crippen molar-refractivity contribution in [1.82, 2.24) is 24.9 Å². The monoisotopic (exact) mass is 436 g/mol. The number of aromatic nitrogens is 4. The number of carbonyl (C=O) groups excluding carboxylic acids is 1. The number of aryl methyl sites for hydroxylation is 1. The molecule has 0 atom stereocenters. The van der Waals surface area contributed by atoms with Crippen LogP contribution in [-0.2, 0) is 13.6 Å². The minimum absolute atomic E-state index is 0.0246. The van der Waals surface area contributed by atoms with E-state index in [0.29, 0.717) is 21.8 Å². The Labute approximate surface area is 182 Å². The average molecular weight is 437 g/mol. The number of hydrogen-bond acceptors (Lipinski definition) is 5. The molecule has 4 aromatic rings. The molecule has 0 fully saturated rings. The molecule has 10 heteroatoms. The number of nitrogens with zero attached hydrogens (tertiary/aromatic N) is 5. The highest BCUT2D eigenvalue weighted by Crippen LogP contribution is 2.24. The molecular formula is C21H17ClN6O3. The van der Waals surface area contributed by atoms with Gasteiger partial charge in [0.1, 0.15) is 5.69 Å². The van der Waals surface area contributed by atoms with E-state index in [0.717, 1.165) is 11.3 Å². The second-order valence-corrected chi connectivity index (χ2v) is 7.26. The van der Waals surface area contributed by atoms with Crippen molar-refractivity contribution in [3.8, 4) is 16.9 Å². The quantitative estimate of drug-likeness (QED) is 0.365. The minimum Gasteiger partial charge on any atom is -0.348 e. The fraction of sp³-hybridized carbons (Fsp3) is 0.0952. The Morgan fingerprint density at radius 2 is 1.84 bits per heavy atom. The van der Waals surface area contributed by atoms with Gasteiger partial charge in [-0.05, 0) is 36.4 Å². The van der Waals surface area contributed by atoms with Gasteiger partial charge in [-0.15, -0.1) is 0 Å². The van der Waals surface area contributed by atoms with Crippen molar-refractivity contribution in [3.63, 3.8) is 0 Å². The first-order valence-corrected chi connectivity index (χ1v) is 9.64. The van der Waals surface area contributed by atoms with Crippen molar-refractivity contribution in [1.29, 1.82) is 0 Å². The molecule has 2 heterocycles. The van der Waals surface area contributed by atoms with Crippen LogP contribution < -0.4 is 5.32 Å². The van der Waals surface area contributed by atoms with Crippen molar-refractivity contribution in [2.75, 3.05) is 0 Å². The van der Waals surface area contributed by atoms with E-state index in [1.54, 1.807) is 48.4 Å². The number of carbonyl (C=O) groups is 1. The maximum atomic E-state index is 12.8. The van der Waals surface area contributed by atoms with E-state index in [2.05, 4.69) is 15.5 Å². The fourth-order valence-corrected chi connectivity index (χ4v) is 3.20. The normalized spacial score (nSPS) is 10.8. The van der Waals surface area contributed by atoms with E-state index >= 15 is 0 Å². The number of non-ortho nitro benzene ring substituents is 1. The molecule has 31 heavy (non-hydrogen) atoms. The van der Waals surface area contributed by atoms with Crippen molar-refractivity contribution in [2.24, 2.45) is 7.05 Å². The summed E-state index contributed by atoms with van der Waals surface area (Å²) in [5, 5.41) is 23.0. The summed E-state index contributed by atoms with van der Waals surface area (Å²) in [5.74, 6) is -0.305. The van der Waals surface area contributed by atoms with Crippen molar-refractivity contribution in [2.45, 2.75) is 6.54 Å². The van der Waals surface area contributed by atoms with Crippen LogP contribution in [0, 0.1) is 10.1 Å². The van der Waals surface area contributed by atoms with E-state index in [4.69, 9.17) is 11.6 Å². The van der Waals surface area contributed by atoms with Gasteiger partial charge in [-0.25, -0.2) is 4.68 Å². The molecule has 1 amide bonds. The van der Waals surface area contributed by atoms with Crippen LogP contribution in [0.4, 0.5) is 5.69 Å². The molecule has 0 unspecified atom stereocenters. The standard InChI is InChI=1S/C21H17ClN6O3/c1-26-13-19(20(25-26)15-2-6-18(7-3-15)28(30)31)21(29)23-10-14-11-24-27(12-14)17-8-4-16(22)5-9-17/h2-9,11-13H,10H2,1H3,(H,23,29). The lowest BCUT2D eigenvalue weighted by molar-refractivity contribution is -0.384. The summed E-state index contributed by atoms with van der Waals surface area (Å²) < 4.78 is 3.23. The zero-order valence-corrected chi connectivity index (χ0v) is 17.2. The highest BCUT2D eigenvalue weighted by molar-refractivity contribution is 6.30. The molecule has 0 radical (unpaired) electrons. The van der Waals surface area contributed by atoms with E-state index < -0.39 is 4.92 Å². The topological polar surface area (TPSA) is 108 Å². The maximum absolute atomic E-state index is 12.8. The Kier molecular flexibility index (Phi) is 5.50. The first-order valence-electron chi connectivity index (χ1n) is 9.27. The van der Waals surface area contributed by atoms with E-state index in [1.807, 2.05) is 18.3 Å². The SMILES string of the molecule is Cn1cc(C(=O)NCc2cnn(-c3ccc(Cl)cc3)c2)c(-c2ccc([N+](=O)[O-])cc2)n1. The number of nitro benzene ring substituents is 1. The molecule has 1 N–H and O–H groups in total. The number of hydrogen-bond donors (Lipinski definition) is 1. The summed E-state index contributed by atoms with van der Waals surface area (Å²) in [4.78, 5) is 23.2. The first-order chi connectivity index (χ1) is 14.9. The predicted octanol–water partition coefficient (Wildman–Crippen LogP) is 3.76. The van der Waals surface area contributed by atoms with Crippen LogP contribution in [0.25, 0.3) is 16.9 Å². The second kappa shape index (κ2) is 8.41. The van der Waals surface area contributed by atoms with Gasteiger partial charge >= 0.3 is 0 Å². The minimum atomic E-state index is -0.472. The summed E-state index contributed by atoms with van der Waals surface area (Å²) >= 11 is 5.91. The summed E-state index contributed by atoms with van der Waals surface area (Å²) in [7, 11) is 1.71. The van der Waals surface area contributed by atoms with Gasteiger partial charge in [0.25, 0.3) is 11.6 Å². The van der Waals surface area contributed by atoms with Crippen molar-refractivity contribution < 1.29 is 9.72 Å². The zero-order valence-electron chi connectivity index (χ0n) is 16.4. The van der Waals surface area contributed by atoms with E-state index in [9.17, 15) is 14.9 Å². The number of benzene rings is 2. The maximum Gasteiger partial charge on any atom is 0.269 e. The Morgan fingerprint density at radius 1 is 1.13 bits per heavy atom. The van der Waals surface area contributed by atoms with Crippen LogP contribution in [0.1, 0.15) is 15.9 Å². The van der Waals surface area contributed by atoms with Gasteiger partial charge in [0, 0.05) is 54.3 Å². The fourth-order valence-electron chi connectivity index (χ4n) is 3.07. The highest BCUT2D eigenvalue weighted by Gasteiger charge is 2.18. The van der Waals surface area contributed by atoms with Gasteiger partial charge in [0.15, 0.2) is 0 Å². The molecule has 2 aromatic carbocycles. The van der Waals surface area contributed by atoms with Crippen molar-refractivity contribution >= 4 is 23.2 Å². The van der Waals surface area contributed by atoms with E-state index in [1.165, 1.54) is 16.8 Å². The first kappa shape index (κ1) is 20.3. The lowest BCUT2D eigenvalue weighted by Gasteiger charge is -2.04. The van der Waals surface area contributed by atoms with Crippen LogP contribution in [0.15, 0.2) is 67.1 Å². The lowest BCUT2D eigenvalue weighted by atomic mass is 10.1. The Morgan fingerprint density at radius 3 is 2.52 bits per heavy atom. The number of rotatable bonds is 6. The molecule has 0 saturated heterocycles. The van der Waals surface area contributed by atoms with Gasteiger partial charge < -0.3 is 5.32 Å². The predicted molar refractivity (Wildman–Crippen MR) is 115 cm³/mol. The van der Waals surface area contributed by atoms with Gasteiger partial charge in [0.2, 0.25) is 0 Å². The molecule has 0 saturated carbocycles. The lowest BCUT2D eigenvalue weighted by Crippen LogP contribution is -2.22. The molecular weight excluding hydrogens is 420 g/mol. The Balaban J connectivity index is 1.48. The van der Waals surface area contributed by atoms with Crippen LogP contribution in [0.2, 0.25) is 5.02 Å². The van der Waals surface area contributed by atoms with Gasteiger partial charge in [-0.2, -0.15) is 10.2 Å². The Hall–Kier alpha value is -3.98. The summed E-state index contributed by atoms with van der Waals surface area (Å²) in [6, 6.07) is 13.2. The van der Waals surface area contributed by atoms with Crippen LogP contribution in [-0.4, -0.2) is 30.4 Å². The van der Waals surface area contributed by atoms with Crippen LogP contribution >= 0.6 is 11.6 Å². The third kappa shape index (κ3) is 4.46. The molecule has 2 aromatic heterocycles. The summed E-state index contributed by atoms with van der Waals surface area (Å²) in [6.07, 6.45) is 5.11. The smallest absolute Gasteiger partial charge is 0.269 e. The highest BCUT2D eigenvalue weighted by atomic mass is 35.5.